The zero-order chi connectivity index (χ0) is 15.5. The van der Waals surface area contributed by atoms with E-state index in [-0.39, 0.29) is 11.8 Å². The number of nitrogens with one attached hydrogen (secondary N) is 1. The quantitative estimate of drug-likeness (QED) is 0.636. The maximum absolute atomic E-state index is 12.4. The summed E-state index contributed by atoms with van der Waals surface area (Å²) < 4.78 is 6.43. The highest BCUT2D eigenvalue weighted by Crippen LogP contribution is 2.29. The van der Waals surface area contributed by atoms with Crippen LogP contribution in [0.3, 0.4) is 0 Å². The van der Waals surface area contributed by atoms with Gasteiger partial charge < -0.3 is 15.3 Å². The van der Waals surface area contributed by atoms with Gasteiger partial charge in [0.25, 0.3) is 0 Å². The highest BCUT2D eigenvalue weighted by Gasteiger charge is 2.33. The summed E-state index contributed by atoms with van der Waals surface area (Å²) in [6, 6.07) is 14.6. The van der Waals surface area contributed by atoms with Crippen LogP contribution in [0.4, 0.5) is 5.69 Å². The molecule has 0 bridgehead atoms. The average Bonchev–Trinajstić information content (AvgIpc) is 2.55. The highest BCUT2D eigenvalue weighted by atomic mass is 79.9. The molecule has 112 valence electrons. The molecule has 0 spiro atoms. The molecule has 2 aromatic rings. The number of halogens is 1. The zero-order valence-electron chi connectivity index (χ0n) is 11.5. The molecule has 0 saturated carbocycles. The van der Waals surface area contributed by atoms with Crippen molar-refractivity contribution in [2.75, 3.05) is 5.32 Å². The lowest BCUT2D eigenvalue weighted by molar-refractivity contribution is -0.118. The van der Waals surface area contributed by atoms with Crippen LogP contribution in [0.2, 0.25) is 0 Å². The van der Waals surface area contributed by atoms with Gasteiger partial charge in [0.2, 0.25) is 11.8 Å². The molecule has 0 aromatic heterocycles. The number of anilines is 1. The number of hydrogen-bond donors (Lipinski definition) is 2. The second kappa shape index (κ2) is 6.19. The van der Waals surface area contributed by atoms with Gasteiger partial charge in [0, 0.05) is 10.2 Å². The van der Waals surface area contributed by atoms with Gasteiger partial charge in [0.15, 0.2) is 0 Å². The molecule has 1 aliphatic heterocycles. The van der Waals surface area contributed by atoms with E-state index in [1.54, 1.807) is 18.2 Å². The van der Waals surface area contributed by atoms with Gasteiger partial charge >= 0.3 is 0 Å². The number of benzene rings is 2. The molecule has 0 fully saturated rings. The Hall–Kier alpha value is -2.34. The van der Waals surface area contributed by atoms with Crippen LogP contribution in [0.15, 0.2) is 58.2 Å². The third-order valence-corrected chi connectivity index (χ3v) is 3.96. The van der Waals surface area contributed by atoms with Crippen LogP contribution >= 0.6 is 15.9 Å². The summed E-state index contributed by atoms with van der Waals surface area (Å²) in [4.78, 5) is 12.4. The van der Waals surface area contributed by atoms with Crippen molar-refractivity contribution in [3.05, 3.63) is 58.6 Å². The molecule has 1 amide bonds. The van der Waals surface area contributed by atoms with Crippen molar-refractivity contribution in [3.63, 3.8) is 0 Å². The summed E-state index contributed by atoms with van der Waals surface area (Å²) in [6.07, 6.45) is 0.429. The van der Waals surface area contributed by atoms with Crippen LogP contribution in [0, 0.1) is 5.92 Å². The van der Waals surface area contributed by atoms with Crippen LogP contribution < -0.4 is 10.1 Å². The van der Waals surface area contributed by atoms with E-state index in [9.17, 15) is 4.79 Å². The van der Waals surface area contributed by atoms with Gasteiger partial charge in [-0.2, -0.15) is 0 Å². The lowest BCUT2D eigenvalue weighted by atomic mass is 9.95. The minimum atomic E-state index is -0.663. The number of fused-ring (bicyclic) bond motifs is 1. The Labute approximate surface area is 135 Å². The first-order valence-corrected chi connectivity index (χ1v) is 7.51. The molecule has 5 nitrogen and oxygen atoms in total. The molecule has 6 heteroatoms. The fourth-order valence-electron chi connectivity index (χ4n) is 2.32. The topological polar surface area (TPSA) is 70.9 Å². The van der Waals surface area contributed by atoms with Crippen LogP contribution in [-0.4, -0.2) is 17.0 Å². The van der Waals surface area contributed by atoms with Gasteiger partial charge in [-0.15, -0.1) is 0 Å². The van der Waals surface area contributed by atoms with Gasteiger partial charge in [-0.1, -0.05) is 39.3 Å². The number of para-hydroxylation sites is 1. The molecule has 0 radical (unpaired) electrons. The number of ether oxygens (including phenoxy) is 1. The number of carbonyl (C=O) groups is 1. The Morgan fingerprint density at radius 1 is 1.23 bits per heavy atom. The summed E-state index contributed by atoms with van der Waals surface area (Å²) in [5.74, 6) is -0.315. The first-order valence-electron chi connectivity index (χ1n) is 6.71. The molecule has 1 heterocycles. The van der Waals surface area contributed by atoms with Gasteiger partial charge in [0.1, 0.15) is 11.7 Å². The minimum Gasteiger partial charge on any atom is -0.439 e. The monoisotopic (exact) mass is 360 g/mol. The molecule has 2 aromatic carbocycles. The van der Waals surface area contributed by atoms with Crippen LogP contribution in [0.25, 0.3) is 0 Å². The molecular formula is C16H13BrN2O3. The average molecular weight is 361 g/mol. The van der Waals surface area contributed by atoms with Crippen molar-refractivity contribution in [1.29, 1.82) is 0 Å². The predicted octanol–water partition coefficient (Wildman–Crippen LogP) is 3.43. The molecule has 1 atom stereocenters. The smallest absolute Gasteiger partial charge is 0.243 e. The highest BCUT2D eigenvalue weighted by molar-refractivity contribution is 9.10. The number of rotatable bonds is 2. The van der Waals surface area contributed by atoms with E-state index in [4.69, 9.17) is 9.94 Å². The normalized spacial score (nSPS) is 18.4. The van der Waals surface area contributed by atoms with E-state index in [2.05, 4.69) is 26.4 Å². The maximum atomic E-state index is 12.4. The Morgan fingerprint density at radius 3 is 2.68 bits per heavy atom. The number of hydrogen-bond acceptors (Lipinski definition) is 4. The molecule has 1 aliphatic rings. The summed E-state index contributed by atoms with van der Waals surface area (Å²) in [7, 11) is 0. The van der Waals surface area contributed by atoms with E-state index in [1.807, 2.05) is 30.3 Å². The van der Waals surface area contributed by atoms with Gasteiger partial charge in [-0.05, 0) is 42.3 Å². The number of amides is 1. The third-order valence-electron chi connectivity index (χ3n) is 3.44. The van der Waals surface area contributed by atoms with Crippen LogP contribution in [0.1, 0.15) is 5.56 Å². The molecule has 2 N–H and O–H groups in total. The van der Waals surface area contributed by atoms with E-state index in [0.717, 1.165) is 10.0 Å². The maximum Gasteiger partial charge on any atom is 0.243 e. The van der Waals surface area contributed by atoms with Crippen LogP contribution in [-0.2, 0) is 11.2 Å². The second-order valence-corrected chi connectivity index (χ2v) is 5.82. The molecule has 3 rings (SSSR count). The summed E-state index contributed by atoms with van der Waals surface area (Å²) in [5, 5.41) is 15.0. The molecule has 0 saturated heterocycles. The van der Waals surface area contributed by atoms with Crippen molar-refractivity contribution < 1.29 is 14.7 Å². The SMILES string of the molecule is O=C(Nc1ccc(Br)cc1)[C@H]1Cc2ccccc2O/C1=N/O. The first-order chi connectivity index (χ1) is 10.7. The van der Waals surface area contributed by atoms with Crippen molar-refractivity contribution >= 4 is 33.4 Å². The summed E-state index contributed by atoms with van der Waals surface area (Å²) in [6.45, 7) is 0. The van der Waals surface area contributed by atoms with E-state index in [0.29, 0.717) is 17.9 Å². The lowest BCUT2D eigenvalue weighted by Gasteiger charge is -2.24. The van der Waals surface area contributed by atoms with Gasteiger partial charge in [0.05, 0.1) is 0 Å². The Balaban J connectivity index is 1.81. The predicted molar refractivity (Wildman–Crippen MR) is 86.3 cm³/mol. The lowest BCUT2D eigenvalue weighted by Crippen LogP contribution is -2.37. The van der Waals surface area contributed by atoms with Crippen LogP contribution in [0.5, 0.6) is 5.75 Å². The van der Waals surface area contributed by atoms with Crippen molar-refractivity contribution in [1.82, 2.24) is 0 Å². The second-order valence-electron chi connectivity index (χ2n) is 4.90. The summed E-state index contributed by atoms with van der Waals surface area (Å²) >= 11 is 3.34. The first kappa shape index (κ1) is 14.6. The molecule has 0 unspecified atom stereocenters. The standard InChI is InChI=1S/C16H13BrN2O3/c17-11-5-7-12(8-6-11)18-15(20)13-9-10-3-1-2-4-14(10)22-16(13)19-21/h1-8,13,21H,9H2,(H,18,20)/b19-16+/t13-/m1/s1. The van der Waals surface area contributed by atoms with Gasteiger partial charge in [-0.3, -0.25) is 4.79 Å². The number of nitrogens with zero attached hydrogens (tertiary/aromatic N) is 1. The Bertz CT molecular complexity index is 728. The Morgan fingerprint density at radius 2 is 1.95 bits per heavy atom. The van der Waals surface area contributed by atoms with Crippen molar-refractivity contribution in [2.24, 2.45) is 11.1 Å². The molecule has 22 heavy (non-hydrogen) atoms. The van der Waals surface area contributed by atoms with Crippen molar-refractivity contribution in [2.45, 2.75) is 6.42 Å². The van der Waals surface area contributed by atoms with Crippen molar-refractivity contribution in [3.8, 4) is 5.75 Å². The molecule has 0 aliphatic carbocycles. The molecular weight excluding hydrogens is 348 g/mol. The number of oxime groups is 1. The minimum absolute atomic E-state index is 0.00770. The fraction of sp³-hybridized carbons (Fsp3) is 0.125. The van der Waals surface area contributed by atoms with E-state index in [1.165, 1.54) is 0 Å². The Kier molecular flexibility index (Phi) is 4.11. The largest absolute Gasteiger partial charge is 0.439 e. The zero-order valence-corrected chi connectivity index (χ0v) is 13.1. The van der Waals surface area contributed by atoms with E-state index < -0.39 is 5.92 Å². The van der Waals surface area contributed by atoms with E-state index >= 15 is 0 Å². The van der Waals surface area contributed by atoms with Gasteiger partial charge in [-0.25, -0.2) is 0 Å². The summed E-state index contributed by atoms with van der Waals surface area (Å²) in [5.41, 5.74) is 1.58. The third kappa shape index (κ3) is 2.96. The number of carbonyl (C=O) groups excluding carboxylic acids is 1. The fourth-order valence-corrected chi connectivity index (χ4v) is 2.58.